The molecule has 0 aromatic rings. The van der Waals surface area contributed by atoms with Crippen molar-refractivity contribution in [2.75, 3.05) is 14.2 Å². The van der Waals surface area contributed by atoms with E-state index >= 15 is 0 Å². The number of hydrogen-bond donors (Lipinski definition) is 0. The molecule has 0 aliphatic heterocycles. The van der Waals surface area contributed by atoms with Gasteiger partial charge in [-0.1, -0.05) is 25.0 Å². The predicted molar refractivity (Wildman–Crippen MR) is 71.0 cm³/mol. The molecule has 0 atom stereocenters. The molecule has 1 fully saturated rings. The highest BCUT2D eigenvalue weighted by atomic mass is 16.5. The number of esters is 2. The van der Waals surface area contributed by atoms with Crippen molar-refractivity contribution in [2.24, 2.45) is 11.3 Å². The topological polar surface area (TPSA) is 52.6 Å². The van der Waals surface area contributed by atoms with Crippen molar-refractivity contribution in [1.82, 2.24) is 0 Å². The van der Waals surface area contributed by atoms with Gasteiger partial charge in [0.15, 0.2) is 5.41 Å². The molecule has 4 heteroatoms. The molecule has 1 rings (SSSR count). The number of hydrogen-bond acceptors (Lipinski definition) is 4. The van der Waals surface area contributed by atoms with E-state index in [0.717, 1.165) is 12.8 Å². The lowest BCUT2D eigenvalue weighted by molar-refractivity contribution is -0.164. The fourth-order valence-electron chi connectivity index (χ4n) is 2.40. The average Bonchev–Trinajstić information content (AvgIpc) is 2.95. The summed E-state index contributed by atoms with van der Waals surface area (Å²) in [5, 5.41) is 0. The van der Waals surface area contributed by atoms with E-state index in [0.29, 0.717) is 5.92 Å². The van der Waals surface area contributed by atoms with E-state index in [9.17, 15) is 9.59 Å². The molecule has 0 radical (unpaired) electrons. The van der Waals surface area contributed by atoms with Crippen molar-refractivity contribution >= 4 is 11.9 Å². The molecule has 1 saturated carbocycles. The smallest absolute Gasteiger partial charge is 0.328 e. The normalized spacial score (nSPS) is 16.3. The van der Waals surface area contributed by atoms with Crippen LogP contribution in [0, 0.1) is 23.7 Å². The van der Waals surface area contributed by atoms with Gasteiger partial charge in [-0.3, -0.25) is 9.59 Å². The van der Waals surface area contributed by atoms with Gasteiger partial charge in [-0.25, -0.2) is 0 Å². The first-order valence-electron chi connectivity index (χ1n) is 6.40. The Hall–Kier alpha value is -1.76. The largest absolute Gasteiger partial charge is 0.468 e. The zero-order valence-corrected chi connectivity index (χ0v) is 11.5. The Balaban J connectivity index is 3.03. The van der Waals surface area contributed by atoms with Gasteiger partial charge in [0.05, 0.1) is 14.2 Å². The summed E-state index contributed by atoms with van der Waals surface area (Å²) < 4.78 is 9.44. The fourth-order valence-corrected chi connectivity index (χ4v) is 2.40. The minimum atomic E-state index is -1.51. The van der Waals surface area contributed by atoms with Crippen LogP contribution in [0.5, 0.6) is 0 Å². The first-order valence-corrected chi connectivity index (χ1v) is 6.40. The molecule has 0 unspecified atom stereocenters. The van der Waals surface area contributed by atoms with Gasteiger partial charge in [0.2, 0.25) is 0 Å². The van der Waals surface area contributed by atoms with Gasteiger partial charge in [-0.15, -0.1) is 12.3 Å². The third-order valence-corrected chi connectivity index (χ3v) is 3.53. The van der Waals surface area contributed by atoms with Crippen molar-refractivity contribution in [2.45, 2.75) is 32.1 Å². The second-order valence-electron chi connectivity index (χ2n) is 4.74. The molecule has 0 amide bonds. The lowest BCUT2D eigenvalue weighted by atomic mass is 9.83. The summed E-state index contributed by atoms with van der Waals surface area (Å²) in [5.41, 5.74) is -1.51. The van der Waals surface area contributed by atoms with E-state index in [-0.39, 0.29) is 6.42 Å². The number of terminal acetylenes is 1. The van der Waals surface area contributed by atoms with E-state index < -0.39 is 17.4 Å². The molecule has 0 spiro atoms. The molecule has 1 aliphatic carbocycles. The maximum absolute atomic E-state index is 12.0. The molecule has 0 aromatic heterocycles. The Morgan fingerprint density at radius 1 is 1.26 bits per heavy atom. The van der Waals surface area contributed by atoms with E-state index in [4.69, 9.17) is 15.9 Å². The maximum atomic E-state index is 12.0. The van der Waals surface area contributed by atoms with Crippen LogP contribution in [0.3, 0.4) is 0 Å². The molecule has 0 aromatic carbocycles. The summed E-state index contributed by atoms with van der Waals surface area (Å²) in [6, 6.07) is 0. The highest BCUT2D eigenvalue weighted by Gasteiger charge is 2.45. The number of methoxy groups -OCH3 is 2. The molecule has 4 nitrogen and oxygen atoms in total. The van der Waals surface area contributed by atoms with Gasteiger partial charge in [-0.2, -0.15) is 0 Å². The lowest BCUT2D eigenvalue weighted by Gasteiger charge is -2.23. The monoisotopic (exact) mass is 264 g/mol. The number of carbonyl (C=O) groups is 2. The predicted octanol–water partition coefficient (Wildman–Crippen LogP) is 2.09. The van der Waals surface area contributed by atoms with Gasteiger partial charge < -0.3 is 9.47 Å². The second kappa shape index (κ2) is 6.98. The number of carbonyl (C=O) groups excluding carboxylic acids is 2. The average molecular weight is 264 g/mol. The highest BCUT2D eigenvalue weighted by Crippen LogP contribution is 2.31. The molecular weight excluding hydrogens is 244 g/mol. The maximum Gasteiger partial charge on any atom is 0.328 e. The minimum absolute atomic E-state index is 0.0600. The summed E-state index contributed by atoms with van der Waals surface area (Å²) in [6.07, 6.45) is 13.2. The van der Waals surface area contributed by atoms with E-state index in [1.807, 2.05) is 6.08 Å². The van der Waals surface area contributed by atoms with E-state index in [1.165, 1.54) is 27.1 Å². The summed E-state index contributed by atoms with van der Waals surface area (Å²) in [5.74, 6) is 1.41. The highest BCUT2D eigenvalue weighted by molar-refractivity contribution is 6.02. The number of allylic oxidation sites excluding steroid dienone is 1. The molecule has 19 heavy (non-hydrogen) atoms. The zero-order valence-electron chi connectivity index (χ0n) is 11.5. The Labute approximate surface area is 114 Å². The van der Waals surface area contributed by atoms with Crippen LogP contribution in [0.25, 0.3) is 0 Å². The Bertz CT molecular complexity index is 381. The summed E-state index contributed by atoms with van der Waals surface area (Å²) >= 11 is 0. The lowest BCUT2D eigenvalue weighted by Crippen LogP contribution is -2.39. The fraction of sp³-hybridized carbons (Fsp3) is 0.600. The number of ether oxygens (including phenoxy) is 2. The van der Waals surface area contributed by atoms with Crippen molar-refractivity contribution in [3.63, 3.8) is 0 Å². The van der Waals surface area contributed by atoms with E-state index in [2.05, 4.69) is 5.92 Å². The van der Waals surface area contributed by atoms with Gasteiger partial charge in [0, 0.05) is 6.42 Å². The van der Waals surface area contributed by atoms with Crippen molar-refractivity contribution in [1.29, 1.82) is 0 Å². The number of rotatable bonds is 5. The quantitative estimate of drug-likeness (QED) is 0.330. The van der Waals surface area contributed by atoms with Crippen LogP contribution in [-0.2, 0) is 19.1 Å². The first kappa shape index (κ1) is 15.3. The van der Waals surface area contributed by atoms with E-state index in [1.54, 1.807) is 6.08 Å². The van der Waals surface area contributed by atoms with Crippen LogP contribution >= 0.6 is 0 Å². The molecule has 104 valence electrons. The molecule has 0 heterocycles. The van der Waals surface area contributed by atoms with Gasteiger partial charge in [-0.05, 0) is 18.8 Å². The Morgan fingerprint density at radius 3 is 2.21 bits per heavy atom. The molecule has 0 saturated heterocycles. The van der Waals surface area contributed by atoms with Crippen LogP contribution in [-0.4, -0.2) is 26.2 Å². The third kappa shape index (κ3) is 3.37. The van der Waals surface area contributed by atoms with Gasteiger partial charge in [0.1, 0.15) is 0 Å². The van der Waals surface area contributed by atoms with Crippen molar-refractivity contribution in [3.05, 3.63) is 12.2 Å². The van der Waals surface area contributed by atoms with Crippen molar-refractivity contribution < 1.29 is 19.1 Å². The SMILES string of the molecule is C#CCC(/C=C/C1CCCC1)(C(=O)OC)C(=O)OC. The zero-order chi connectivity index (χ0) is 14.3. The standard InChI is InChI=1S/C15H20O4/c1-4-10-15(13(16)18-2,14(17)19-3)11-9-12-7-5-6-8-12/h1,9,11-12H,5-8,10H2,2-3H3/b11-9+. The van der Waals surface area contributed by atoms with Gasteiger partial charge >= 0.3 is 11.9 Å². The summed E-state index contributed by atoms with van der Waals surface area (Å²) in [7, 11) is 2.47. The minimum Gasteiger partial charge on any atom is -0.468 e. The molecular formula is C15H20O4. The van der Waals surface area contributed by atoms with Crippen LogP contribution in [0.4, 0.5) is 0 Å². The second-order valence-corrected chi connectivity index (χ2v) is 4.74. The van der Waals surface area contributed by atoms with Crippen LogP contribution in [0.1, 0.15) is 32.1 Å². The summed E-state index contributed by atoms with van der Waals surface area (Å²) in [4.78, 5) is 23.9. The van der Waals surface area contributed by atoms with Crippen molar-refractivity contribution in [3.8, 4) is 12.3 Å². The molecule has 0 N–H and O–H groups in total. The summed E-state index contributed by atoms with van der Waals surface area (Å²) in [6.45, 7) is 0. The van der Waals surface area contributed by atoms with Gasteiger partial charge in [0.25, 0.3) is 0 Å². The van der Waals surface area contributed by atoms with Crippen LogP contribution in [0.2, 0.25) is 0 Å². The van der Waals surface area contributed by atoms with Crippen LogP contribution < -0.4 is 0 Å². The molecule has 1 aliphatic rings. The third-order valence-electron chi connectivity index (χ3n) is 3.53. The first-order chi connectivity index (χ1) is 9.10. The van der Waals surface area contributed by atoms with Crippen LogP contribution in [0.15, 0.2) is 12.2 Å². The Kier molecular flexibility index (Phi) is 5.62. The Morgan fingerprint density at radius 2 is 1.79 bits per heavy atom. The molecule has 0 bridgehead atoms.